The summed E-state index contributed by atoms with van der Waals surface area (Å²) in [6, 6.07) is 21.9. The highest BCUT2D eigenvalue weighted by atomic mass is 16.5. The Morgan fingerprint density at radius 1 is 0.964 bits per heavy atom. The van der Waals surface area contributed by atoms with Crippen molar-refractivity contribution in [2.75, 3.05) is 20.3 Å². The second-order valence-corrected chi connectivity index (χ2v) is 6.72. The van der Waals surface area contributed by atoms with Crippen molar-refractivity contribution in [1.29, 1.82) is 0 Å². The maximum Gasteiger partial charge on any atom is 0.129 e. The highest BCUT2D eigenvalue weighted by molar-refractivity contribution is 5.33. The van der Waals surface area contributed by atoms with Crippen LogP contribution in [0, 0.1) is 0 Å². The SMILES string of the molecule is COc1ccccc1CN(Cc1ccccc1)CC(O)COCc1ccco1. The summed E-state index contributed by atoms with van der Waals surface area (Å²) < 4.78 is 16.3. The molecule has 1 N–H and O–H groups in total. The summed E-state index contributed by atoms with van der Waals surface area (Å²) in [6.45, 7) is 2.50. The van der Waals surface area contributed by atoms with E-state index < -0.39 is 6.10 Å². The van der Waals surface area contributed by atoms with Gasteiger partial charge in [-0.2, -0.15) is 0 Å². The topological polar surface area (TPSA) is 55.1 Å². The third-order valence-electron chi connectivity index (χ3n) is 4.44. The summed E-state index contributed by atoms with van der Waals surface area (Å²) in [5, 5.41) is 10.5. The minimum absolute atomic E-state index is 0.248. The number of ether oxygens (including phenoxy) is 2. The number of aliphatic hydroxyl groups excluding tert-OH is 1. The molecule has 0 aliphatic carbocycles. The summed E-state index contributed by atoms with van der Waals surface area (Å²) in [4.78, 5) is 2.20. The molecule has 1 atom stereocenters. The van der Waals surface area contributed by atoms with Gasteiger partial charge in [0.25, 0.3) is 0 Å². The van der Waals surface area contributed by atoms with Gasteiger partial charge in [-0.05, 0) is 23.8 Å². The van der Waals surface area contributed by atoms with Crippen molar-refractivity contribution in [3.05, 3.63) is 89.9 Å². The minimum Gasteiger partial charge on any atom is -0.496 e. The van der Waals surface area contributed by atoms with E-state index in [1.54, 1.807) is 13.4 Å². The second kappa shape index (κ2) is 10.7. The maximum absolute atomic E-state index is 10.5. The Morgan fingerprint density at radius 2 is 1.75 bits per heavy atom. The number of hydrogen-bond acceptors (Lipinski definition) is 5. The van der Waals surface area contributed by atoms with Crippen LogP contribution in [-0.4, -0.2) is 36.4 Å². The fourth-order valence-electron chi connectivity index (χ4n) is 3.14. The van der Waals surface area contributed by atoms with Gasteiger partial charge in [-0.1, -0.05) is 48.5 Å². The van der Waals surface area contributed by atoms with Gasteiger partial charge in [-0.15, -0.1) is 0 Å². The van der Waals surface area contributed by atoms with Crippen molar-refractivity contribution in [2.24, 2.45) is 0 Å². The van der Waals surface area contributed by atoms with Crippen LogP contribution in [0.1, 0.15) is 16.9 Å². The van der Waals surface area contributed by atoms with Gasteiger partial charge in [0.1, 0.15) is 18.1 Å². The third-order valence-corrected chi connectivity index (χ3v) is 4.44. The summed E-state index contributed by atoms with van der Waals surface area (Å²) in [5.74, 6) is 1.60. The van der Waals surface area contributed by atoms with E-state index in [9.17, 15) is 5.11 Å². The van der Waals surface area contributed by atoms with E-state index in [0.717, 1.165) is 23.6 Å². The van der Waals surface area contributed by atoms with Crippen molar-refractivity contribution in [1.82, 2.24) is 4.90 Å². The molecular weight excluding hydrogens is 354 g/mol. The van der Waals surface area contributed by atoms with Crippen molar-refractivity contribution in [2.45, 2.75) is 25.8 Å². The van der Waals surface area contributed by atoms with E-state index in [2.05, 4.69) is 23.1 Å². The van der Waals surface area contributed by atoms with Crippen LogP contribution in [0.3, 0.4) is 0 Å². The molecule has 0 aliphatic rings. The molecule has 5 heteroatoms. The molecular formula is C23H27NO4. The predicted molar refractivity (Wildman–Crippen MR) is 108 cm³/mol. The average Bonchev–Trinajstić information content (AvgIpc) is 3.22. The molecule has 0 fully saturated rings. The number of rotatable bonds is 11. The molecule has 0 bridgehead atoms. The van der Waals surface area contributed by atoms with Gasteiger partial charge in [-0.3, -0.25) is 4.90 Å². The lowest BCUT2D eigenvalue weighted by Crippen LogP contribution is -2.34. The smallest absolute Gasteiger partial charge is 0.129 e. The highest BCUT2D eigenvalue weighted by Crippen LogP contribution is 2.20. The van der Waals surface area contributed by atoms with Crippen LogP contribution in [0.2, 0.25) is 0 Å². The lowest BCUT2D eigenvalue weighted by molar-refractivity contribution is 0.00244. The Kier molecular flexibility index (Phi) is 7.67. The normalized spacial score (nSPS) is 12.2. The Bertz CT molecular complexity index is 804. The lowest BCUT2D eigenvalue weighted by Gasteiger charge is -2.26. The van der Waals surface area contributed by atoms with Crippen LogP contribution in [0.15, 0.2) is 77.4 Å². The maximum atomic E-state index is 10.5. The molecule has 3 aromatic rings. The molecule has 5 nitrogen and oxygen atoms in total. The molecule has 1 unspecified atom stereocenters. The van der Waals surface area contributed by atoms with Crippen LogP contribution in [0.25, 0.3) is 0 Å². The number of benzene rings is 2. The van der Waals surface area contributed by atoms with E-state index in [1.807, 2.05) is 48.5 Å². The Hall–Kier alpha value is -2.60. The summed E-state index contributed by atoms with van der Waals surface area (Å²) in [5.41, 5.74) is 2.28. The monoisotopic (exact) mass is 381 g/mol. The quantitative estimate of drug-likeness (QED) is 0.546. The van der Waals surface area contributed by atoms with Gasteiger partial charge in [0.2, 0.25) is 0 Å². The zero-order valence-electron chi connectivity index (χ0n) is 16.2. The van der Waals surface area contributed by atoms with Crippen molar-refractivity contribution in [3.63, 3.8) is 0 Å². The fourth-order valence-corrected chi connectivity index (χ4v) is 3.14. The largest absolute Gasteiger partial charge is 0.496 e. The van der Waals surface area contributed by atoms with Gasteiger partial charge in [-0.25, -0.2) is 0 Å². The highest BCUT2D eigenvalue weighted by Gasteiger charge is 2.15. The molecule has 0 saturated heterocycles. The predicted octanol–water partition coefficient (Wildman–Crippen LogP) is 3.87. The van der Waals surface area contributed by atoms with E-state index >= 15 is 0 Å². The van der Waals surface area contributed by atoms with Gasteiger partial charge >= 0.3 is 0 Å². The number of methoxy groups -OCH3 is 1. The lowest BCUT2D eigenvalue weighted by atomic mass is 10.1. The van der Waals surface area contributed by atoms with E-state index in [4.69, 9.17) is 13.9 Å². The molecule has 0 amide bonds. The van der Waals surface area contributed by atoms with Crippen molar-refractivity contribution < 1.29 is 19.0 Å². The molecule has 0 spiro atoms. The standard InChI is InChI=1S/C23H27NO4/c1-26-23-12-6-5-10-20(23)15-24(14-19-8-3-2-4-9-19)16-21(25)17-27-18-22-11-7-13-28-22/h2-13,21,25H,14-18H2,1H3. The number of nitrogens with zero attached hydrogens (tertiary/aromatic N) is 1. The Labute approximate surface area is 166 Å². The molecule has 148 valence electrons. The Morgan fingerprint density at radius 3 is 2.50 bits per heavy atom. The summed E-state index contributed by atoms with van der Waals surface area (Å²) in [7, 11) is 1.68. The van der Waals surface area contributed by atoms with Crippen LogP contribution >= 0.6 is 0 Å². The molecule has 1 heterocycles. The molecule has 28 heavy (non-hydrogen) atoms. The van der Waals surface area contributed by atoms with Crippen molar-refractivity contribution >= 4 is 0 Å². The number of aliphatic hydroxyl groups is 1. The average molecular weight is 381 g/mol. The Balaban J connectivity index is 1.61. The van der Waals surface area contributed by atoms with Crippen LogP contribution in [0.5, 0.6) is 5.75 Å². The van der Waals surface area contributed by atoms with Gasteiger partial charge in [0.15, 0.2) is 0 Å². The van der Waals surface area contributed by atoms with Gasteiger partial charge < -0.3 is 19.0 Å². The molecule has 0 aliphatic heterocycles. The molecule has 2 aromatic carbocycles. The summed E-state index contributed by atoms with van der Waals surface area (Å²) >= 11 is 0. The number of furan rings is 1. The zero-order valence-corrected chi connectivity index (χ0v) is 16.2. The first-order chi connectivity index (χ1) is 13.7. The van der Waals surface area contributed by atoms with E-state index in [0.29, 0.717) is 19.7 Å². The molecule has 1 aromatic heterocycles. The van der Waals surface area contributed by atoms with Gasteiger partial charge in [0.05, 0.1) is 26.1 Å². The second-order valence-electron chi connectivity index (χ2n) is 6.72. The van der Waals surface area contributed by atoms with E-state index in [1.165, 1.54) is 5.56 Å². The number of hydrogen-bond donors (Lipinski definition) is 1. The molecule has 0 saturated carbocycles. The molecule has 0 radical (unpaired) electrons. The first kappa shape index (κ1) is 20.1. The number of para-hydroxylation sites is 1. The summed E-state index contributed by atoms with van der Waals surface area (Å²) in [6.07, 6.45) is 1.01. The fraction of sp³-hybridized carbons (Fsp3) is 0.304. The zero-order chi connectivity index (χ0) is 19.6. The van der Waals surface area contributed by atoms with E-state index in [-0.39, 0.29) is 6.61 Å². The van der Waals surface area contributed by atoms with Crippen LogP contribution in [-0.2, 0) is 24.4 Å². The van der Waals surface area contributed by atoms with Crippen LogP contribution in [0.4, 0.5) is 0 Å². The third kappa shape index (κ3) is 6.23. The first-order valence-electron chi connectivity index (χ1n) is 9.41. The van der Waals surface area contributed by atoms with Crippen LogP contribution < -0.4 is 4.74 Å². The minimum atomic E-state index is -0.603. The molecule has 3 rings (SSSR count). The van der Waals surface area contributed by atoms with Gasteiger partial charge in [0, 0.05) is 25.2 Å². The first-order valence-corrected chi connectivity index (χ1v) is 9.41. The van der Waals surface area contributed by atoms with Crippen molar-refractivity contribution in [3.8, 4) is 5.75 Å².